The summed E-state index contributed by atoms with van der Waals surface area (Å²) in [4.78, 5) is 21.4. The van der Waals surface area contributed by atoms with Gasteiger partial charge in [0, 0.05) is 50.0 Å². The van der Waals surface area contributed by atoms with Gasteiger partial charge in [-0.05, 0) is 44.9 Å². The first-order valence-corrected chi connectivity index (χ1v) is 10.9. The first kappa shape index (κ1) is 12.2. The summed E-state index contributed by atoms with van der Waals surface area (Å²) in [5, 5.41) is 12.3. The van der Waals surface area contributed by atoms with Crippen molar-refractivity contribution in [3.05, 3.63) is 28.2 Å². The van der Waals surface area contributed by atoms with Gasteiger partial charge >= 0.3 is 0 Å². The highest BCUT2D eigenvalue weighted by Crippen LogP contribution is 2.32. The largest absolute Gasteiger partial charge is 0.393 e. The highest BCUT2D eigenvalue weighted by Gasteiger charge is 2.33. The Morgan fingerprint density at radius 1 is 1.39 bits per heavy atom. The zero-order valence-electron chi connectivity index (χ0n) is 27.2. The Balaban J connectivity index is 1.84. The molecule has 1 aliphatic heterocycles. The minimum Gasteiger partial charge on any atom is -0.393 e. The Bertz CT molecular complexity index is 1530. The fourth-order valence-electron chi connectivity index (χ4n) is 3.67. The van der Waals surface area contributed by atoms with E-state index in [1.807, 2.05) is 0 Å². The number of aliphatic hydroxyl groups is 1. The van der Waals surface area contributed by atoms with Crippen LogP contribution in [0.25, 0.3) is 11.0 Å². The number of anilines is 1. The molecule has 3 heterocycles. The predicted molar refractivity (Wildman–Crippen MR) is 115 cm³/mol. The number of hydrogen-bond donors (Lipinski definition) is 2. The average Bonchev–Trinajstić information content (AvgIpc) is 2.82. The molecule has 2 aliphatic rings. The SMILES string of the molecule is [2H]C([2H])([2H])c1cc2cnc(NC3([2H])C([2H])([2H])CN(S(=O)(=O)C([2H])([2H])[2H])CC3([2H])[2H])nc2n([C@H]2C[C@H](O)CC[C@@H]2F)c1=O. The van der Waals surface area contributed by atoms with Gasteiger partial charge in [0.05, 0.1) is 19.7 Å². The monoisotopic (exact) mass is 464 g/mol. The molecule has 0 unspecified atom stereocenters. The lowest BCUT2D eigenvalue weighted by molar-refractivity contribution is 0.0555. The summed E-state index contributed by atoms with van der Waals surface area (Å²) in [6.45, 7) is -5.34. The molecular formula is C20H28FN5O4S. The van der Waals surface area contributed by atoms with Crippen molar-refractivity contribution >= 4 is 27.0 Å². The third-order valence-electron chi connectivity index (χ3n) is 5.25. The minimum atomic E-state index is -5.17. The Hall–Kier alpha value is -2.11. The van der Waals surface area contributed by atoms with E-state index in [9.17, 15) is 18.3 Å². The first-order valence-electron chi connectivity index (χ1n) is 15.0. The first-order chi connectivity index (χ1) is 18.9. The van der Waals surface area contributed by atoms with Crippen LogP contribution in [0.5, 0.6) is 0 Å². The Morgan fingerprint density at radius 3 is 2.87 bits per heavy atom. The molecule has 170 valence electrons. The lowest BCUT2D eigenvalue weighted by Crippen LogP contribution is -2.42. The van der Waals surface area contributed by atoms with Crippen LogP contribution in [0.2, 0.25) is 0 Å². The van der Waals surface area contributed by atoms with Crippen molar-refractivity contribution in [2.75, 3.05) is 24.6 Å². The quantitative estimate of drug-likeness (QED) is 0.701. The number of halogens is 1. The third-order valence-corrected chi connectivity index (χ3v) is 6.19. The van der Waals surface area contributed by atoms with Crippen LogP contribution in [-0.2, 0) is 10.0 Å². The summed E-state index contributed by atoms with van der Waals surface area (Å²) in [5.41, 5.74) is -2.12. The highest BCUT2D eigenvalue weighted by molar-refractivity contribution is 7.88. The summed E-state index contributed by atoms with van der Waals surface area (Å²) in [5.74, 6) is -0.640. The molecule has 9 nitrogen and oxygen atoms in total. The van der Waals surface area contributed by atoms with E-state index in [1.54, 1.807) is 0 Å². The van der Waals surface area contributed by atoms with E-state index >= 15 is 4.39 Å². The fraction of sp³-hybridized carbons (Fsp3) is 0.650. The van der Waals surface area contributed by atoms with Gasteiger partial charge in [-0.3, -0.25) is 9.36 Å². The number of aliphatic hydroxyl groups excluding tert-OH is 1. The van der Waals surface area contributed by atoms with Crippen LogP contribution >= 0.6 is 0 Å². The summed E-state index contributed by atoms with van der Waals surface area (Å²) >= 11 is 0. The van der Waals surface area contributed by atoms with Crippen molar-refractivity contribution in [1.29, 1.82) is 0 Å². The van der Waals surface area contributed by atoms with E-state index in [0.29, 0.717) is 0 Å². The Labute approximate surface area is 195 Å². The number of nitrogens with one attached hydrogen (secondary N) is 1. The number of aromatic nitrogens is 3. The lowest BCUT2D eigenvalue weighted by Gasteiger charge is -2.32. The smallest absolute Gasteiger partial charge is 0.255 e. The van der Waals surface area contributed by atoms with Crippen LogP contribution in [0.4, 0.5) is 10.3 Å². The second-order valence-corrected chi connectivity index (χ2v) is 8.85. The molecule has 1 saturated heterocycles. The Kier molecular flexibility index (Phi) is 3.32. The van der Waals surface area contributed by atoms with Crippen LogP contribution in [-0.4, -0.2) is 69.9 Å². The number of fused-ring (bicyclic) bond motifs is 1. The summed E-state index contributed by atoms with van der Waals surface area (Å²) < 4.78 is 128. The molecular weight excluding hydrogens is 425 g/mol. The van der Waals surface area contributed by atoms with E-state index < -0.39 is 90.3 Å². The highest BCUT2D eigenvalue weighted by atomic mass is 32.2. The number of alkyl halides is 1. The maximum absolute atomic E-state index is 15.1. The molecule has 1 aliphatic carbocycles. The maximum atomic E-state index is 15.1. The molecule has 2 aromatic rings. The lowest BCUT2D eigenvalue weighted by atomic mass is 9.90. The zero-order valence-corrected chi connectivity index (χ0v) is 17.0. The number of piperidine rings is 1. The molecule has 0 amide bonds. The van der Waals surface area contributed by atoms with Crippen molar-refractivity contribution < 1.29 is 33.0 Å². The molecule has 0 spiro atoms. The van der Waals surface area contributed by atoms with Crippen molar-refractivity contribution in [1.82, 2.24) is 18.8 Å². The normalized spacial score (nSPS) is 36.6. The molecule has 3 atom stereocenters. The van der Waals surface area contributed by atoms with Crippen molar-refractivity contribution in [3.8, 4) is 0 Å². The topological polar surface area (TPSA) is 117 Å². The summed E-state index contributed by atoms with van der Waals surface area (Å²) in [6.07, 6.45) is -11.8. The van der Waals surface area contributed by atoms with Crippen molar-refractivity contribution in [2.45, 2.75) is 63.2 Å². The van der Waals surface area contributed by atoms with E-state index in [0.717, 1.165) is 16.8 Å². The number of rotatable bonds is 4. The van der Waals surface area contributed by atoms with Crippen LogP contribution in [0.15, 0.2) is 17.1 Å². The van der Waals surface area contributed by atoms with Gasteiger partial charge in [-0.15, -0.1) is 0 Å². The van der Waals surface area contributed by atoms with Crippen LogP contribution in [0.3, 0.4) is 0 Å². The number of hydrogen-bond acceptors (Lipinski definition) is 7. The van der Waals surface area contributed by atoms with Gasteiger partial charge < -0.3 is 10.4 Å². The number of pyridine rings is 1. The van der Waals surface area contributed by atoms with Crippen LogP contribution in [0, 0.1) is 6.85 Å². The second kappa shape index (κ2) is 8.44. The zero-order chi connectivity index (χ0) is 31.8. The van der Waals surface area contributed by atoms with E-state index in [1.165, 1.54) is 0 Å². The third kappa shape index (κ3) is 4.58. The molecule has 4 rings (SSSR count). The summed E-state index contributed by atoms with van der Waals surface area (Å²) in [7, 11) is -5.17. The van der Waals surface area contributed by atoms with Gasteiger partial charge in [0.1, 0.15) is 11.8 Å². The van der Waals surface area contributed by atoms with Crippen molar-refractivity contribution in [3.63, 3.8) is 0 Å². The molecule has 31 heavy (non-hydrogen) atoms. The van der Waals surface area contributed by atoms with Gasteiger partial charge in [-0.25, -0.2) is 22.1 Å². The Morgan fingerprint density at radius 2 is 2.16 bits per heavy atom. The maximum Gasteiger partial charge on any atom is 0.255 e. The molecule has 2 fully saturated rings. The van der Waals surface area contributed by atoms with Crippen molar-refractivity contribution in [2.24, 2.45) is 0 Å². The van der Waals surface area contributed by atoms with Crippen LogP contribution in [0.1, 0.15) is 58.7 Å². The second-order valence-electron chi connectivity index (χ2n) is 7.38. The molecule has 2 aromatic heterocycles. The predicted octanol–water partition coefficient (Wildman–Crippen LogP) is 1.36. The van der Waals surface area contributed by atoms with Gasteiger partial charge in [0.25, 0.3) is 5.56 Å². The van der Waals surface area contributed by atoms with E-state index in [2.05, 4.69) is 15.3 Å². The number of aryl methyl sites for hydroxylation is 1. The van der Waals surface area contributed by atoms with Crippen LogP contribution < -0.4 is 10.9 Å². The summed E-state index contributed by atoms with van der Waals surface area (Å²) in [6, 6.07) is -3.39. The van der Waals surface area contributed by atoms with E-state index in [-0.39, 0.29) is 34.6 Å². The van der Waals surface area contributed by atoms with Gasteiger partial charge in [-0.1, -0.05) is 0 Å². The minimum absolute atomic E-state index is 0.0535. The average molecular weight is 465 g/mol. The number of sulfonamides is 1. The standard InChI is InChI=1S/C20H28FN5O4S/c1-12-9-13-11-22-20(23-14-5-7-25(8-6-14)31(2,29)30)24-18(13)26(19(12)28)17-10-15(27)3-4-16(17)21/h9,11,14-17,27H,3-8,10H2,1-2H3,(H,22,23,24)/t15-,16+,17+/m1/s1/i1D3,2D3,5D2,6D2,14D. The van der Waals surface area contributed by atoms with Gasteiger partial charge in [0.2, 0.25) is 16.0 Å². The molecule has 2 N–H and O–H groups in total. The van der Waals surface area contributed by atoms with Gasteiger partial charge in [-0.2, -0.15) is 4.98 Å². The van der Waals surface area contributed by atoms with E-state index in [4.69, 9.17) is 15.1 Å². The molecule has 1 saturated carbocycles. The molecule has 0 radical (unpaired) electrons. The molecule has 11 heteroatoms. The number of nitrogens with zero attached hydrogens (tertiary/aromatic N) is 4. The molecule has 0 bridgehead atoms. The fourth-order valence-corrected chi connectivity index (χ4v) is 4.14. The van der Waals surface area contributed by atoms with Gasteiger partial charge in [0.15, 0.2) is 0 Å². The molecule has 0 aromatic carbocycles.